The first-order chi connectivity index (χ1) is 16.5. The molecule has 0 unspecified atom stereocenters. The van der Waals surface area contributed by atoms with Gasteiger partial charge >= 0.3 is 0 Å². The van der Waals surface area contributed by atoms with Crippen LogP contribution < -0.4 is 15.2 Å². The smallest absolute Gasteiger partial charge is 0.278 e. The zero-order valence-electron chi connectivity index (χ0n) is 18.6. The number of amides is 1. The summed E-state index contributed by atoms with van der Waals surface area (Å²) in [6, 6.07) is 14.6. The van der Waals surface area contributed by atoms with Crippen LogP contribution in [0.5, 0.6) is 11.5 Å². The van der Waals surface area contributed by atoms with Gasteiger partial charge in [0.2, 0.25) is 5.43 Å². The van der Waals surface area contributed by atoms with Crippen LogP contribution in [-0.2, 0) is 0 Å². The maximum atomic E-state index is 15.0. The molecule has 1 amide bonds. The Bertz CT molecular complexity index is 1320. The number of carbonyl (C=O) groups excluding carboxylic acids is 1. The Hall–Kier alpha value is -4.07. The number of nitrogens with zero attached hydrogens (tertiary/aromatic N) is 3. The van der Waals surface area contributed by atoms with E-state index in [1.807, 2.05) is 48.3 Å². The van der Waals surface area contributed by atoms with Crippen molar-refractivity contribution in [2.45, 2.75) is 25.4 Å². The number of benzene rings is 2. The number of aromatic hydroxyl groups is 1. The van der Waals surface area contributed by atoms with Crippen LogP contribution in [0.1, 0.15) is 41.0 Å². The summed E-state index contributed by atoms with van der Waals surface area (Å²) < 4.78 is 22.4. The summed E-state index contributed by atoms with van der Waals surface area (Å²) in [5, 5.41) is 12.5. The molecule has 0 aliphatic carbocycles. The number of para-hydroxylation sites is 1. The van der Waals surface area contributed by atoms with Crippen LogP contribution in [0.4, 0.5) is 4.39 Å². The van der Waals surface area contributed by atoms with Gasteiger partial charge in [-0.15, -0.1) is 0 Å². The van der Waals surface area contributed by atoms with Gasteiger partial charge in [0, 0.05) is 17.8 Å². The minimum atomic E-state index is -0.639. The third kappa shape index (κ3) is 3.51. The highest BCUT2D eigenvalue weighted by Gasteiger charge is 2.39. The van der Waals surface area contributed by atoms with Gasteiger partial charge < -0.3 is 14.7 Å². The van der Waals surface area contributed by atoms with Crippen molar-refractivity contribution < 1.29 is 19.0 Å². The van der Waals surface area contributed by atoms with Crippen LogP contribution in [0, 0.1) is 5.82 Å². The Morgan fingerprint density at radius 2 is 1.88 bits per heavy atom. The third-order valence-electron chi connectivity index (χ3n) is 6.30. The number of pyridine rings is 1. The topological polar surface area (TPSA) is 75.0 Å². The van der Waals surface area contributed by atoms with Gasteiger partial charge in [-0.3, -0.25) is 19.3 Å². The monoisotopic (exact) mass is 461 g/mol. The van der Waals surface area contributed by atoms with Crippen molar-refractivity contribution in [3.8, 4) is 11.5 Å². The summed E-state index contributed by atoms with van der Waals surface area (Å²) in [7, 11) is 0. The average molecular weight is 461 g/mol. The highest BCUT2D eigenvalue weighted by Crippen LogP contribution is 2.38. The lowest BCUT2D eigenvalue weighted by Crippen LogP contribution is -2.57. The first kappa shape index (κ1) is 21.8. The molecule has 2 aliphatic heterocycles. The summed E-state index contributed by atoms with van der Waals surface area (Å²) in [5.74, 6) is -1.44. The number of halogens is 1. The number of ether oxygens (including phenoxy) is 1. The highest BCUT2D eigenvalue weighted by molar-refractivity contribution is 5.96. The van der Waals surface area contributed by atoms with Crippen molar-refractivity contribution in [3.05, 3.63) is 106 Å². The molecule has 2 aliphatic rings. The van der Waals surface area contributed by atoms with Gasteiger partial charge in [-0.2, -0.15) is 0 Å². The van der Waals surface area contributed by atoms with Crippen molar-refractivity contribution in [2.75, 3.05) is 18.3 Å². The summed E-state index contributed by atoms with van der Waals surface area (Å²) in [4.78, 5) is 27.4. The summed E-state index contributed by atoms with van der Waals surface area (Å²) in [6.07, 6.45) is 5.68. The third-order valence-corrected chi connectivity index (χ3v) is 6.30. The minimum Gasteiger partial charge on any atom is -0.502 e. The number of rotatable bonds is 2. The normalized spacial score (nSPS) is 20.6. The predicted molar refractivity (Wildman–Crippen MR) is 125 cm³/mol. The Morgan fingerprint density at radius 1 is 1.09 bits per heavy atom. The van der Waals surface area contributed by atoms with Gasteiger partial charge in [0.25, 0.3) is 5.91 Å². The molecule has 34 heavy (non-hydrogen) atoms. The number of hydrogen-bond acceptors (Lipinski definition) is 5. The van der Waals surface area contributed by atoms with Gasteiger partial charge in [-0.05, 0) is 24.1 Å². The van der Waals surface area contributed by atoms with Crippen LogP contribution in [0.15, 0.2) is 77.7 Å². The second kappa shape index (κ2) is 8.70. The molecule has 8 heteroatoms. The summed E-state index contributed by atoms with van der Waals surface area (Å²) >= 11 is 0. The second-order valence-corrected chi connectivity index (χ2v) is 8.26. The van der Waals surface area contributed by atoms with E-state index in [4.69, 9.17) is 4.74 Å². The van der Waals surface area contributed by atoms with E-state index in [-0.39, 0.29) is 30.8 Å². The maximum Gasteiger partial charge on any atom is 0.278 e. The fourth-order valence-electron chi connectivity index (χ4n) is 4.66. The van der Waals surface area contributed by atoms with Crippen LogP contribution in [0.3, 0.4) is 0 Å². The van der Waals surface area contributed by atoms with E-state index in [9.17, 15) is 14.7 Å². The first-order valence-electron chi connectivity index (χ1n) is 11.2. The van der Waals surface area contributed by atoms with E-state index in [0.717, 1.165) is 5.56 Å². The Balaban J connectivity index is 1.83. The van der Waals surface area contributed by atoms with Gasteiger partial charge in [-0.1, -0.05) is 55.5 Å². The molecule has 0 fully saturated rings. The minimum absolute atomic E-state index is 0.117. The zero-order chi connectivity index (χ0) is 23.8. The highest BCUT2D eigenvalue weighted by atomic mass is 19.1. The van der Waals surface area contributed by atoms with E-state index in [1.54, 1.807) is 23.1 Å². The van der Waals surface area contributed by atoms with Crippen molar-refractivity contribution >= 4 is 5.91 Å². The van der Waals surface area contributed by atoms with Gasteiger partial charge in [0.15, 0.2) is 23.0 Å². The largest absolute Gasteiger partial charge is 0.502 e. The number of hydrogen-bond donors (Lipinski definition) is 1. The second-order valence-electron chi connectivity index (χ2n) is 8.26. The molecule has 2 aromatic carbocycles. The molecule has 2 bridgehead atoms. The summed E-state index contributed by atoms with van der Waals surface area (Å²) in [6.45, 7) is 2.22. The lowest BCUT2D eigenvalue weighted by atomic mass is 9.96. The molecule has 7 nitrogen and oxygen atoms in total. The van der Waals surface area contributed by atoms with E-state index in [0.29, 0.717) is 12.0 Å². The van der Waals surface area contributed by atoms with E-state index in [1.165, 1.54) is 23.0 Å². The SMILES string of the molecule is CC[C@H]1/C=C\COc2c(F)cccc2[C@H](c2ccccc2)N2CN1C(=O)c1c(O)c(=O)ccn12. The number of fused-ring (bicyclic) bond motifs is 5. The molecule has 3 aromatic rings. The Labute approximate surface area is 195 Å². The Kier molecular flexibility index (Phi) is 5.57. The van der Waals surface area contributed by atoms with Crippen molar-refractivity contribution in [1.82, 2.24) is 9.58 Å². The molecule has 3 heterocycles. The molecular weight excluding hydrogens is 437 g/mol. The van der Waals surface area contributed by atoms with E-state index >= 15 is 4.39 Å². The molecule has 5 rings (SSSR count). The van der Waals surface area contributed by atoms with Crippen molar-refractivity contribution in [3.63, 3.8) is 0 Å². The van der Waals surface area contributed by atoms with Crippen LogP contribution in [-0.4, -0.2) is 39.9 Å². The fourth-order valence-corrected chi connectivity index (χ4v) is 4.66. The molecule has 0 saturated heterocycles. The molecule has 1 N–H and O–H groups in total. The summed E-state index contributed by atoms with van der Waals surface area (Å²) in [5.41, 5.74) is 0.634. The van der Waals surface area contributed by atoms with Gasteiger partial charge in [0.1, 0.15) is 19.3 Å². The van der Waals surface area contributed by atoms with Crippen molar-refractivity contribution in [1.29, 1.82) is 0 Å². The fraction of sp³-hybridized carbons (Fsp3) is 0.231. The average Bonchev–Trinajstić information content (AvgIpc) is 2.87. The standard InChI is InChI=1S/C26H24FN3O4/c1-2-18-10-7-15-34-25-19(11-6-12-20(25)27)22(17-8-4-3-5-9-17)30-16-28(18)26(33)23-24(32)21(31)13-14-29(23)30/h3-14,18,22,32H,2,15-16H2,1H3/b10-7-/t18-,22-/m0/s1. The molecule has 0 radical (unpaired) electrons. The molecular formula is C26H24FN3O4. The van der Waals surface area contributed by atoms with Gasteiger partial charge in [0.05, 0.1) is 6.04 Å². The van der Waals surface area contributed by atoms with Crippen LogP contribution >= 0.6 is 0 Å². The number of carbonyl (C=O) groups is 1. The molecule has 0 spiro atoms. The Morgan fingerprint density at radius 3 is 2.65 bits per heavy atom. The lowest BCUT2D eigenvalue weighted by molar-refractivity contribution is 0.0626. The van der Waals surface area contributed by atoms with Crippen molar-refractivity contribution in [2.24, 2.45) is 0 Å². The molecule has 174 valence electrons. The van der Waals surface area contributed by atoms with Gasteiger partial charge in [-0.25, -0.2) is 4.39 Å². The molecule has 0 saturated carbocycles. The molecule has 2 atom stereocenters. The van der Waals surface area contributed by atoms with Crippen LogP contribution in [0.2, 0.25) is 0 Å². The zero-order valence-corrected chi connectivity index (χ0v) is 18.6. The van der Waals surface area contributed by atoms with E-state index < -0.39 is 28.9 Å². The first-order valence-corrected chi connectivity index (χ1v) is 11.2. The van der Waals surface area contributed by atoms with E-state index in [2.05, 4.69) is 0 Å². The lowest BCUT2D eigenvalue weighted by Gasteiger charge is -2.45. The predicted octanol–water partition coefficient (Wildman–Crippen LogP) is 3.56. The number of aromatic nitrogens is 1. The molecule has 1 aromatic heterocycles. The quantitative estimate of drug-likeness (QED) is 0.591. The van der Waals surface area contributed by atoms with Crippen LogP contribution in [0.25, 0.3) is 0 Å². The maximum absolute atomic E-state index is 15.0.